The van der Waals surface area contributed by atoms with Crippen LogP contribution in [-0.4, -0.2) is 45.9 Å². The van der Waals surface area contributed by atoms with Gasteiger partial charge in [-0.1, -0.05) is 0 Å². The molecule has 1 saturated heterocycles. The second kappa shape index (κ2) is 3.89. The summed E-state index contributed by atoms with van der Waals surface area (Å²) in [7, 11) is 0. The minimum Gasteiger partial charge on any atom is -0.376 e. The van der Waals surface area contributed by atoms with E-state index in [1.807, 2.05) is 0 Å². The zero-order valence-corrected chi connectivity index (χ0v) is 9.13. The third kappa shape index (κ3) is 1.61. The number of carbonyl (C=O) groups is 2. The van der Waals surface area contributed by atoms with Gasteiger partial charge in [0.05, 0.1) is 12.6 Å². The van der Waals surface area contributed by atoms with Crippen molar-refractivity contribution in [2.24, 2.45) is 0 Å². The monoisotopic (exact) mass is 233 g/mol. The number of carbonyl (C=O) groups excluding carboxylic acids is 2. The Kier molecular flexibility index (Phi) is 2.36. The van der Waals surface area contributed by atoms with Gasteiger partial charge in [-0.25, -0.2) is 9.97 Å². The summed E-state index contributed by atoms with van der Waals surface area (Å²) in [6.45, 7) is 1.00. The second-order valence-corrected chi connectivity index (χ2v) is 4.11. The van der Waals surface area contributed by atoms with Crippen molar-refractivity contribution in [1.29, 1.82) is 0 Å². The van der Waals surface area contributed by atoms with Crippen molar-refractivity contribution < 1.29 is 14.3 Å². The Morgan fingerprint density at radius 2 is 1.88 bits per heavy atom. The summed E-state index contributed by atoms with van der Waals surface area (Å²) in [5.41, 5.74) is 0.297. The molecule has 3 heterocycles. The van der Waals surface area contributed by atoms with Gasteiger partial charge in [0.25, 0.3) is 11.8 Å². The largest absolute Gasteiger partial charge is 0.376 e. The van der Waals surface area contributed by atoms with E-state index >= 15 is 0 Å². The van der Waals surface area contributed by atoms with E-state index < -0.39 is 0 Å². The zero-order chi connectivity index (χ0) is 11.8. The van der Waals surface area contributed by atoms with Crippen LogP contribution in [0.2, 0.25) is 0 Å². The minimum absolute atomic E-state index is 0.0442. The molecule has 1 atom stereocenters. The van der Waals surface area contributed by atoms with E-state index in [9.17, 15) is 9.59 Å². The Bertz CT molecular complexity index is 448. The number of hydrogen-bond acceptors (Lipinski definition) is 5. The Balaban J connectivity index is 1.84. The van der Waals surface area contributed by atoms with Crippen molar-refractivity contribution in [2.45, 2.75) is 18.9 Å². The molecule has 6 nitrogen and oxygen atoms in total. The molecule has 0 aromatic carbocycles. The van der Waals surface area contributed by atoms with Gasteiger partial charge >= 0.3 is 0 Å². The molecule has 1 aromatic heterocycles. The molecule has 0 spiro atoms. The number of fused-ring (bicyclic) bond motifs is 1. The van der Waals surface area contributed by atoms with E-state index in [0.29, 0.717) is 13.2 Å². The molecule has 2 aliphatic heterocycles. The zero-order valence-electron chi connectivity index (χ0n) is 9.13. The lowest BCUT2D eigenvalue weighted by molar-refractivity contribution is 0.0472. The number of imide groups is 1. The second-order valence-electron chi connectivity index (χ2n) is 4.11. The first-order chi connectivity index (χ1) is 8.27. The van der Waals surface area contributed by atoms with Gasteiger partial charge in [-0.3, -0.25) is 14.5 Å². The van der Waals surface area contributed by atoms with Crippen LogP contribution in [0.3, 0.4) is 0 Å². The van der Waals surface area contributed by atoms with Crippen LogP contribution in [0, 0.1) is 0 Å². The molecule has 0 bridgehead atoms. The number of nitrogens with zero attached hydrogens (tertiary/aromatic N) is 3. The smallest absolute Gasteiger partial charge is 0.281 e. The van der Waals surface area contributed by atoms with Crippen molar-refractivity contribution in [3.8, 4) is 0 Å². The van der Waals surface area contributed by atoms with Crippen LogP contribution in [0.5, 0.6) is 0 Å². The highest BCUT2D eigenvalue weighted by Gasteiger charge is 2.39. The normalized spacial score (nSPS) is 23.3. The standard InChI is InChI=1S/C11H11N3O3/c15-10-8-9(13-4-3-12-8)11(16)14(10)6-7-2-1-5-17-7/h3-4,7H,1-2,5-6H2. The summed E-state index contributed by atoms with van der Waals surface area (Å²) < 4.78 is 5.42. The van der Waals surface area contributed by atoms with Crippen molar-refractivity contribution in [2.75, 3.05) is 13.2 Å². The van der Waals surface area contributed by atoms with E-state index in [4.69, 9.17) is 4.74 Å². The summed E-state index contributed by atoms with van der Waals surface area (Å²) in [5, 5.41) is 0. The lowest BCUT2D eigenvalue weighted by Gasteiger charge is -2.17. The first-order valence-electron chi connectivity index (χ1n) is 5.56. The summed E-state index contributed by atoms with van der Waals surface area (Å²) in [5.74, 6) is -0.734. The summed E-state index contributed by atoms with van der Waals surface area (Å²) in [4.78, 5) is 32.9. The molecular weight excluding hydrogens is 222 g/mol. The third-order valence-corrected chi connectivity index (χ3v) is 3.00. The molecule has 3 rings (SSSR count). The molecule has 0 saturated carbocycles. The lowest BCUT2D eigenvalue weighted by Crippen LogP contribution is -2.36. The average molecular weight is 233 g/mol. The minimum atomic E-state index is -0.367. The molecular formula is C11H11N3O3. The Morgan fingerprint density at radius 1 is 1.24 bits per heavy atom. The Labute approximate surface area is 97.6 Å². The van der Waals surface area contributed by atoms with Crippen LogP contribution >= 0.6 is 0 Å². The maximum atomic E-state index is 11.9. The van der Waals surface area contributed by atoms with Crippen LogP contribution in [0.4, 0.5) is 0 Å². The SMILES string of the molecule is O=C1c2nccnc2C(=O)N1CC1CCCO1. The van der Waals surface area contributed by atoms with E-state index in [1.165, 1.54) is 17.3 Å². The molecule has 2 amide bonds. The average Bonchev–Trinajstić information content (AvgIpc) is 2.94. The van der Waals surface area contributed by atoms with Crippen molar-refractivity contribution in [1.82, 2.24) is 14.9 Å². The highest BCUT2D eigenvalue weighted by molar-refractivity contribution is 6.19. The van der Waals surface area contributed by atoms with Gasteiger partial charge < -0.3 is 4.74 Å². The number of rotatable bonds is 2. The number of aromatic nitrogens is 2. The lowest BCUT2D eigenvalue weighted by atomic mass is 10.2. The molecule has 1 aromatic rings. The van der Waals surface area contributed by atoms with Crippen molar-refractivity contribution in [3.05, 3.63) is 23.8 Å². The topological polar surface area (TPSA) is 72.4 Å². The highest BCUT2D eigenvalue weighted by Crippen LogP contribution is 2.21. The molecule has 0 N–H and O–H groups in total. The van der Waals surface area contributed by atoms with Crippen LogP contribution in [0.15, 0.2) is 12.4 Å². The maximum Gasteiger partial charge on any atom is 0.281 e. The van der Waals surface area contributed by atoms with Gasteiger partial charge in [0.15, 0.2) is 11.4 Å². The van der Waals surface area contributed by atoms with Crippen molar-refractivity contribution in [3.63, 3.8) is 0 Å². The fraction of sp³-hybridized carbons (Fsp3) is 0.455. The van der Waals surface area contributed by atoms with Crippen LogP contribution in [0.25, 0.3) is 0 Å². The molecule has 0 aliphatic carbocycles. The van der Waals surface area contributed by atoms with E-state index in [1.54, 1.807) is 0 Å². The van der Waals surface area contributed by atoms with Crippen LogP contribution in [0.1, 0.15) is 33.8 Å². The molecule has 88 valence electrons. The van der Waals surface area contributed by atoms with E-state index in [2.05, 4.69) is 9.97 Å². The molecule has 1 unspecified atom stereocenters. The molecule has 1 fully saturated rings. The van der Waals surface area contributed by atoms with E-state index in [-0.39, 0.29) is 29.3 Å². The van der Waals surface area contributed by atoms with Gasteiger partial charge in [0.2, 0.25) is 0 Å². The van der Waals surface area contributed by atoms with Crippen molar-refractivity contribution >= 4 is 11.8 Å². The van der Waals surface area contributed by atoms with Gasteiger partial charge in [-0.15, -0.1) is 0 Å². The van der Waals surface area contributed by atoms with Gasteiger partial charge in [-0.2, -0.15) is 0 Å². The third-order valence-electron chi connectivity index (χ3n) is 3.00. The number of amides is 2. The summed E-state index contributed by atoms with van der Waals surface area (Å²) in [6.07, 6.45) is 4.65. The predicted molar refractivity (Wildman–Crippen MR) is 56.4 cm³/mol. The fourth-order valence-electron chi connectivity index (χ4n) is 2.16. The van der Waals surface area contributed by atoms with Gasteiger partial charge in [0, 0.05) is 19.0 Å². The summed E-state index contributed by atoms with van der Waals surface area (Å²) in [6, 6.07) is 0. The van der Waals surface area contributed by atoms with Gasteiger partial charge in [-0.05, 0) is 12.8 Å². The van der Waals surface area contributed by atoms with Gasteiger partial charge in [0.1, 0.15) is 0 Å². The summed E-state index contributed by atoms with van der Waals surface area (Å²) >= 11 is 0. The first kappa shape index (κ1) is 10.3. The highest BCUT2D eigenvalue weighted by atomic mass is 16.5. The molecule has 2 aliphatic rings. The Hall–Kier alpha value is -1.82. The fourth-order valence-corrected chi connectivity index (χ4v) is 2.16. The first-order valence-corrected chi connectivity index (χ1v) is 5.56. The molecule has 6 heteroatoms. The Morgan fingerprint density at radius 3 is 2.41 bits per heavy atom. The predicted octanol–water partition coefficient (Wildman–Crippen LogP) is 0.252. The molecule has 17 heavy (non-hydrogen) atoms. The number of ether oxygens (including phenoxy) is 1. The van der Waals surface area contributed by atoms with E-state index in [0.717, 1.165) is 12.8 Å². The van der Waals surface area contributed by atoms with Crippen LogP contribution in [-0.2, 0) is 4.74 Å². The maximum absolute atomic E-state index is 11.9. The number of hydrogen-bond donors (Lipinski definition) is 0. The molecule has 0 radical (unpaired) electrons. The van der Waals surface area contributed by atoms with Crippen LogP contribution < -0.4 is 0 Å². The quantitative estimate of drug-likeness (QED) is 0.685.